The van der Waals surface area contributed by atoms with Gasteiger partial charge < -0.3 is 9.31 Å². The van der Waals surface area contributed by atoms with Crippen LogP contribution in [0, 0.1) is 0 Å². The molecule has 1 heterocycles. The molecule has 0 aromatic heterocycles. The van der Waals surface area contributed by atoms with E-state index in [0.29, 0.717) is 0 Å². The van der Waals surface area contributed by atoms with Gasteiger partial charge in [-0.05, 0) is 89.1 Å². The molecular formula is C32H29BO2. The third-order valence-corrected chi connectivity index (χ3v) is 7.69. The van der Waals surface area contributed by atoms with E-state index in [1.54, 1.807) is 0 Å². The van der Waals surface area contributed by atoms with E-state index in [9.17, 15) is 0 Å². The SMILES string of the molecule is CC1(C)OB(c2cccc(-c3cc(-c4cccc5ccccc45)cc4ccccc34)c2)OC1(C)C. The fourth-order valence-electron chi connectivity index (χ4n) is 5.01. The van der Waals surface area contributed by atoms with Crippen molar-refractivity contribution in [2.24, 2.45) is 0 Å². The summed E-state index contributed by atoms with van der Waals surface area (Å²) in [6.07, 6.45) is 0. The van der Waals surface area contributed by atoms with E-state index in [1.165, 1.54) is 38.2 Å². The van der Waals surface area contributed by atoms with Gasteiger partial charge in [-0.1, -0.05) is 91.0 Å². The molecule has 0 saturated carbocycles. The van der Waals surface area contributed by atoms with Gasteiger partial charge in [0.2, 0.25) is 0 Å². The van der Waals surface area contributed by atoms with Crippen LogP contribution < -0.4 is 5.46 Å². The molecule has 0 aliphatic carbocycles. The molecule has 0 unspecified atom stereocenters. The van der Waals surface area contributed by atoms with E-state index in [1.807, 2.05) is 0 Å². The van der Waals surface area contributed by atoms with Gasteiger partial charge in [0.1, 0.15) is 0 Å². The molecule has 1 fully saturated rings. The highest BCUT2D eigenvalue weighted by molar-refractivity contribution is 6.62. The minimum atomic E-state index is -0.382. The highest BCUT2D eigenvalue weighted by Gasteiger charge is 2.51. The second kappa shape index (κ2) is 8.08. The summed E-state index contributed by atoms with van der Waals surface area (Å²) < 4.78 is 12.7. The maximum absolute atomic E-state index is 6.35. The normalized spacial score (nSPS) is 16.7. The predicted octanol–water partition coefficient (Wildman–Crippen LogP) is 7.63. The van der Waals surface area contributed by atoms with Crippen LogP contribution in [-0.2, 0) is 9.31 Å². The Morgan fingerprint density at radius 2 is 1.11 bits per heavy atom. The lowest BCUT2D eigenvalue weighted by atomic mass is 9.77. The summed E-state index contributed by atoms with van der Waals surface area (Å²) in [5, 5.41) is 4.99. The topological polar surface area (TPSA) is 18.5 Å². The average Bonchev–Trinajstić information content (AvgIpc) is 3.09. The monoisotopic (exact) mass is 456 g/mol. The standard InChI is InChI=1S/C32H29BO2/c1-31(2)32(3,4)35-33(34-31)26-15-9-14-24(20-26)30-21-25(19-23-12-6-8-17-28(23)30)29-18-10-13-22-11-5-7-16-27(22)29/h5-21H,1-4H3. The van der Waals surface area contributed by atoms with Crippen LogP contribution in [0.1, 0.15) is 27.7 Å². The molecule has 5 aromatic carbocycles. The van der Waals surface area contributed by atoms with E-state index >= 15 is 0 Å². The van der Waals surface area contributed by atoms with Crippen molar-refractivity contribution in [3.05, 3.63) is 103 Å². The van der Waals surface area contributed by atoms with Gasteiger partial charge in [-0.2, -0.15) is 0 Å². The van der Waals surface area contributed by atoms with Crippen LogP contribution in [0.4, 0.5) is 0 Å². The molecule has 1 saturated heterocycles. The minimum Gasteiger partial charge on any atom is -0.399 e. The van der Waals surface area contributed by atoms with Crippen LogP contribution in [0.3, 0.4) is 0 Å². The van der Waals surface area contributed by atoms with E-state index < -0.39 is 0 Å². The maximum Gasteiger partial charge on any atom is 0.494 e. The van der Waals surface area contributed by atoms with Gasteiger partial charge in [0.25, 0.3) is 0 Å². The lowest BCUT2D eigenvalue weighted by Gasteiger charge is -2.32. The molecule has 0 amide bonds. The summed E-state index contributed by atoms with van der Waals surface area (Å²) in [5.41, 5.74) is 5.15. The summed E-state index contributed by atoms with van der Waals surface area (Å²) >= 11 is 0. The van der Waals surface area contributed by atoms with E-state index in [-0.39, 0.29) is 18.3 Å². The molecule has 0 spiro atoms. The van der Waals surface area contributed by atoms with Crippen molar-refractivity contribution in [3.63, 3.8) is 0 Å². The third kappa shape index (κ3) is 3.76. The Morgan fingerprint density at radius 1 is 0.514 bits per heavy atom. The zero-order chi connectivity index (χ0) is 24.2. The first kappa shape index (κ1) is 22.1. The number of hydrogen-bond donors (Lipinski definition) is 0. The highest BCUT2D eigenvalue weighted by Crippen LogP contribution is 2.38. The Balaban J connectivity index is 1.51. The van der Waals surface area contributed by atoms with Crippen LogP contribution in [0.25, 0.3) is 43.8 Å². The molecule has 172 valence electrons. The second-order valence-corrected chi connectivity index (χ2v) is 10.5. The van der Waals surface area contributed by atoms with Crippen LogP contribution in [0.15, 0.2) is 103 Å². The summed E-state index contributed by atoms with van der Waals surface area (Å²) in [6.45, 7) is 8.38. The van der Waals surface area contributed by atoms with Gasteiger partial charge in [0.05, 0.1) is 11.2 Å². The number of benzene rings is 5. The Hall–Kier alpha value is -3.40. The van der Waals surface area contributed by atoms with Gasteiger partial charge in [-0.3, -0.25) is 0 Å². The summed E-state index contributed by atoms with van der Waals surface area (Å²) in [6, 6.07) is 37.0. The van der Waals surface area contributed by atoms with Crippen molar-refractivity contribution in [1.82, 2.24) is 0 Å². The smallest absolute Gasteiger partial charge is 0.399 e. The van der Waals surface area contributed by atoms with E-state index in [4.69, 9.17) is 9.31 Å². The molecule has 35 heavy (non-hydrogen) atoms. The lowest BCUT2D eigenvalue weighted by molar-refractivity contribution is 0.00578. The van der Waals surface area contributed by atoms with Crippen LogP contribution in [0.5, 0.6) is 0 Å². The van der Waals surface area contributed by atoms with Gasteiger partial charge in [0.15, 0.2) is 0 Å². The fraction of sp³-hybridized carbons (Fsp3) is 0.188. The summed E-state index contributed by atoms with van der Waals surface area (Å²) in [5.74, 6) is 0. The molecular weight excluding hydrogens is 427 g/mol. The van der Waals surface area contributed by atoms with Crippen molar-refractivity contribution < 1.29 is 9.31 Å². The largest absolute Gasteiger partial charge is 0.494 e. The molecule has 0 radical (unpaired) electrons. The summed E-state index contributed by atoms with van der Waals surface area (Å²) in [4.78, 5) is 0. The Labute approximate surface area is 207 Å². The Bertz CT molecular complexity index is 1550. The minimum absolute atomic E-state index is 0.366. The van der Waals surface area contributed by atoms with Gasteiger partial charge in [0, 0.05) is 0 Å². The molecule has 3 heteroatoms. The quantitative estimate of drug-likeness (QED) is 0.260. The first-order chi connectivity index (χ1) is 16.8. The van der Waals surface area contributed by atoms with Gasteiger partial charge in [-0.15, -0.1) is 0 Å². The molecule has 1 aliphatic heterocycles. The Kier molecular flexibility index (Phi) is 5.10. The zero-order valence-electron chi connectivity index (χ0n) is 20.7. The number of fused-ring (bicyclic) bond motifs is 2. The zero-order valence-corrected chi connectivity index (χ0v) is 20.7. The van der Waals surface area contributed by atoms with Crippen LogP contribution in [0.2, 0.25) is 0 Å². The van der Waals surface area contributed by atoms with Crippen molar-refractivity contribution in [2.75, 3.05) is 0 Å². The predicted molar refractivity (Wildman–Crippen MR) is 148 cm³/mol. The molecule has 0 N–H and O–H groups in total. The van der Waals surface area contributed by atoms with E-state index in [2.05, 4.69) is 131 Å². The van der Waals surface area contributed by atoms with Crippen LogP contribution in [-0.4, -0.2) is 18.3 Å². The second-order valence-electron chi connectivity index (χ2n) is 10.5. The van der Waals surface area contributed by atoms with E-state index in [0.717, 1.165) is 11.0 Å². The Morgan fingerprint density at radius 3 is 1.86 bits per heavy atom. The maximum atomic E-state index is 6.35. The molecule has 1 aliphatic rings. The molecule has 5 aromatic rings. The van der Waals surface area contributed by atoms with Gasteiger partial charge in [-0.25, -0.2) is 0 Å². The van der Waals surface area contributed by atoms with Crippen molar-refractivity contribution >= 4 is 34.1 Å². The van der Waals surface area contributed by atoms with Gasteiger partial charge >= 0.3 is 7.12 Å². The molecule has 2 nitrogen and oxygen atoms in total. The third-order valence-electron chi connectivity index (χ3n) is 7.69. The van der Waals surface area contributed by atoms with Crippen molar-refractivity contribution in [1.29, 1.82) is 0 Å². The number of hydrogen-bond acceptors (Lipinski definition) is 2. The van der Waals surface area contributed by atoms with Crippen molar-refractivity contribution in [3.8, 4) is 22.3 Å². The average molecular weight is 456 g/mol. The van der Waals surface area contributed by atoms with Crippen LogP contribution >= 0.6 is 0 Å². The molecule has 6 rings (SSSR count). The molecule has 0 atom stereocenters. The lowest BCUT2D eigenvalue weighted by Crippen LogP contribution is -2.41. The first-order valence-electron chi connectivity index (χ1n) is 12.3. The van der Waals surface area contributed by atoms with Crippen molar-refractivity contribution in [2.45, 2.75) is 38.9 Å². The number of rotatable bonds is 3. The first-order valence-corrected chi connectivity index (χ1v) is 12.3. The summed E-state index contributed by atoms with van der Waals surface area (Å²) in [7, 11) is -0.382. The molecule has 0 bridgehead atoms. The highest BCUT2D eigenvalue weighted by atomic mass is 16.7. The fourth-order valence-corrected chi connectivity index (χ4v) is 5.01.